The fraction of sp³-hybridized carbons (Fsp3) is 0.484. The summed E-state index contributed by atoms with van der Waals surface area (Å²) in [5.74, 6) is 0.0196. The Labute approximate surface area is 224 Å². The molecule has 0 unspecified atom stereocenters. The van der Waals surface area contributed by atoms with Gasteiger partial charge in [0, 0.05) is 49.2 Å². The van der Waals surface area contributed by atoms with E-state index in [1.54, 1.807) is 0 Å². The number of benzene rings is 2. The van der Waals surface area contributed by atoms with Crippen LogP contribution in [0.1, 0.15) is 55.2 Å². The smallest absolute Gasteiger partial charge is 0.315 e. The maximum absolute atomic E-state index is 14.0. The quantitative estimate of drug-likeness (QED) is 0.415. The Morgan fingerprint density at radius 3 is 2.68 bits per heavy atom. The number of amides is 3. The number of fused-ring (bicyclic) bond motifs is 3. The molecule has 3 aromatic rings. The minimum Gasteiger partial charge on any atom is -0.361 e. The number of nitrogens with zero attached hydrogens (tertiary/aromatic N) is 1. The van der Waals surface area contributed by atoms with Crippen molar-refractivity contribution in [3.05, 3.63) is 71.4 Å². The van der Waals surface area contributed by atoms with Crippen molar-refractivity contribution in [3.63, 3.8) is 0 Å². The molecule has 3 heterocycles. The van der Waals surface area contributed by atoms with E-state index in [0.29, 0.717) is 6.42 Å². The summed E-state index contributed by atoms with van der Waals surface area (Å²) in [7, 11) is 0. The third-order valence-corrected chi connectivity index (χ3v) is 9.06. The van der Waals surface area contributed by atoms with Gasteiger partial charge in [-0.3, -0.25) is 4.79 Å². The van der Waals surface area contributed by atoms with Gasteiger partial charge < -0.3 is 25.8 Å². The van der Waals surface area contributed by atoms with E-state index < -0.39 is 6.04 Å². The number of likely N-dealkylation sites (tertiary alicyclic amines) is 1. The van der Waals surface area contributed by atoms with E-state index in [1.807, 2.05) is 29.3 Å². The predicted molar refractivity (Wildman–Crippen MR) is 150 cm³/mol. The molecule has 7 nitrogen and oxygen atoms in total. The molecular formula is C31H39N5O2. The third-order valence-electron chi connectivity index (χ3n) is 9.06. The van der Waals surface area contributed by atoms with Crippen LogP contribution in [0.3, 0.4) is 0 Å². The molecule has 3 amide bonds. The highest BCUT2D eigenvalue weighted by Crippen LogP contribution is 2.44. The first kappa shape index (κ1) is 25.0. The van der Waals surface area contributed by atoms with Crippen molar-refractivity contribution < 1.29 is 9.59 Å². The average Bonchev–Trinajstić information content (AvgIpc) is 3.36. The molecule has 1 aromatic heterocycles. The Morgan fingerprint density at radius 2 is 1.84 bits per heavy atom. The maximum atomic E-state index is 14.0. The van der Waals surface area contributed by atoms with Crippen LogP contribution in [0.15, 0.2) is 54.7 Å². The first-order chi connectivity index (χ1) is 18.6. The average molecular weight is 514 g/mol. The van der Waals surface area contributed by atoms with Crippen molar-refractivity contribution in [3.8, 4) is 0 Å². The number of hydrogen-bond donors (Lipinski definition) is 4. The van der Waals surface area contributed by atoms with Crippen LogP contribution in [-0.4, -0.2) is 60.1 Å². The van der Waals surface area contributed by atoms with Crippen molar-refractivity contribution in [1.29, 1.82) is 0 Å². The SMILES string of the molecule is O=C(N[C@@H]1CCCNC1)N[C@H](Cc1c[nH]c2ccccc12)C(=O)N1CCC2(CCCc3ccccc32)CC1. The largest absolute Gasteiger partial charge is 0.361 e. The van der Waals surface area contributed by atoms with Gasteiger partial charge in [-0.25, -0.2) is 4.79 Å². The maximum Gasteiger partial charge on any atom is 0.315 e. The van der Waals surface area contributed by atoms with Gasteiger partial charge in [-0.15, -0.1) is 0 Å². The summed E-state index contributed by atoms with van der Waals surface area (Å²) in [5.41, 5.74) is 5.24. The number of hydrogen-bond acceptors (Lipinski definition) is 3. The Balaban J connectivity index is 1.18. The lowest BCUT2D eigenvalue weighted by atomic mass is 9.65. The number of rotatable bonds is 5. The molecule has 0 radical (unpaired) electrons. The van der Waals surface area contributed by atoms with Crippen LogP contribution in [0.2, 0.25) is 0 Å². The van der Waals surface area contributed by atoms with E-state index in [0.717, 1.165) is 74.7 Å². The van der Waals surface area contributed by atoms with Gasteiger partial charge in [0.25, 0.3) is 0 Å². The number of aryl methyl sites for hydroxylation is 1. The minimum absolute atomic E-state index is 0.0196. The lowest BCUT2D eigenvalue weighted by Gasteiger charge is -2.46. The second-order valence-electron chi connectivity index (χ2n) is 11.4. The standard InChI is InChI=1S/C31H39N5O2/c37-29(36-17-14-31(15-18-36)13-5-8-22-7-1-3-11-26(22)31)28(35-30(38)34-24-9-6-16-32-21-24)19-23-20-33-27-12-4-2-10-25(23)27/h1-4,7,10-12,20,24,28,32-33H,5-6,8-9,13-19,21H2,(H2,34,35,38)/t24-,28-/m1/s1. The minimum atomic E-state index is -0.613. The fourth-order valence-electron chi connectivity index (χ4n) is 6.98. The lowest BCUT2D eigenvalue weighted by Crippen LogP contribution is -2.57. The molecule has 2 aliphatic heterocycles. The topological polar surface area (TPSA) is 89.3 Å². The van der Waals surface area contributed by atoms with Gasteiger partial charge in [-0.2, -0.15) is 0 Å². The molecular weight excluding hydrogens is 474 g/mol. The van der Waals surface area contributed by atoms with E-state index in [2.05, 4.69) is 51.3 Å². The van der Waals surface area contributed by atoms with Crippen LogP contribution >= 0.6 is 0 Å². The molecule has 0 saturated carbocycles. The molecule has 1 aliphatic carbocycles. The van der Waals surface area contributed by atoms with Gasteiger partial charge in [-0.1, -0.05) is 42.5 Å². The van der Waals surface area contributed by atoms with Crippen molar-refractivity contribution in [2.45, 2.75) is 68.9 Å². The molecule has 38 heavy (non-hydrogen) atoms. The number of aromatic nitrogens is 1. The second kappa shape index (κ2) is 10.8. The molecule has 0 bridgehead atoms. The van der Waals surface area contributed by atoms with Gasteiger partial charge in [-0.05, 0) is 79.7 Å². The van der Waals surface area contributed by atoms with Crippen LogP contribution in [0.5, 0.6) is 0 Å². The Hall–Kier alpha value is -3.32. The third kappa shape index (κ3) is 5.04. The second-order valence-corrected chi connectivity index (χ2v) is 11.4. The van der Waals surface area contributed by atoms with Crippen LogP contribution in [0, 0.1) is 0 Å². The Morgan fingerprint density at radius 1 is 1.03 bits per heavy atom. The summed E-state index contributed by atoms with van der Waals surface area (Å²) >= 11 is 0. The fourth-order valence-corrected chi connectivity index (χ4v) is 6.98. The number of carbonyl (C=O) groups excluding carboxylic acids is 2. The summed E-state index contributed by atoms with van der Waals surface area (Å²) in [6, 6.07) is 16.2. The summed E-state index contributed by atoms with van der Waals surface area (Å²) in [4.78, 5) is 32.3. The lowest BCUT2D eigenvalue weighted by molar-refractivity contribution is -0.135. The molecule has 2 atom stereocenters. The van der Waals surface area contributed by atoms with Crippen LogP contribution < -0.4 is 16.0 Å². The van der Waals surface area contributed by atoms with Crippen LogP contribution in [0.25, 0.3) is 10.9 Å². The molecule has 2 aromatic carbocycles. The molecule has 200 valence electrons. The van der Waals surface area contributed by atoms with Crippen LogP contribution in [0.4, 0.5) is 4.79 Å². The van der Waals surface area contributed by atoms with E-state index >= 15 is 0 Å². The number of aromatic amines is 1. The first-order valence-corrected chi connectivity index (χ1v) is 14.3. The van der Waals surface area contributed by atoms with E-state index in [1.165, 1.54) is 24.0 Å². The highest BCUT2D eigenvalue weighted by molar-refractivity contribution is 5.89. The number of para-hydroxylation sites is 1. The van der Waals surface area contributed by atoms with Gasteiger partial charge in [0.1, 0.15) is 6.04 Å². The monoisotopic (exact) mass is 513 g/mol. The molecule has 1 spiro atoms. The first-order valence-electron chi connectivity index (χ1n) is 14.3. The molecule has 7 heteroatoms. The number of H-pyrrole nitrogens is 1. The zero-order chi connectivity index (χ0) is 26.0. The van der Waals surface area contributed by atoms with Gasteiger partial charge in [0.05, 0.1) is 0 Å². The van der Waals surface area contributed by atoms with Crippen molar-refractivity contribution in [2.24, 2.45) is 0 Å². The Kier molecular flexibility index (Phi) is 7.11. The number of nitrogens with one attached hydrogen (secondary N) is 4. The zero-order valence-electron chi connectivity index (χ0n) is 22.1. The van der Waals surface area contributed by atoms with E-state index in [9.17, 15) is 9.59 Å². The predicted octanol–water partition coefficient (Wildman–Crippen LogP) is 4.03. The summed E-state index contributed by atoms with van der Waals surface area (Å²) < 4.78 is 0. The van der Waals surface area contributed by atoms with Crippen LogP contribution in [-0.2, 0) is 23.1 Å². The molecule has 6 rings (SSSR count). The van der Waals surface area contributed by atoms with Gasteiger partial charge >= 0.3 is 6.03 Å². The molecule has 3 aliphatic rings. The highest BCUT2D eigenvalue weighted by Gasteiger charge is 2.41. The van der Waals surface area contributed by atoms with Crippen molar-refractivity contribution in [1.82, 2.24) is 25.8 Å². The van der Waals surface area contributed by atoms with Gasteiger partial charge in [0.2, 0.25) is 5.91 Å². The van der Waals surface area contributed by atoms with E-state index in [-0.39, 0.29) is 23.4 Å². The normalized spacial score (nSPS) is 21.6. The number of carbonyl (C=O) groups is 2. The molecule has 2 fully saturated rings. The zero-order valence-corrected chi connectivity index (χ0v) is 22.1. The Bertz CT molecular complexity index is 1290. The van der Waals surface area contributed by atoms with Gasteiger partial charge in [0.15, 0.2) is 0 Å². The molecule has 2 saturated heterocycles. The summed E-state index contributed by atoms with van der Waals surface area (Å²) in [6.07, 6.45) is 9.96. The van der Waals surface area contributed by atoms with E-state index in [4.69, 9.17) is 0 Å². The van der Waals surface area contributed by atoms with Crippen molar-refractivity contribution in [2.75, 3.05) is 26.2 Å². The molecule has 4 N–H and O–H groups in total. The van der Waals surface area contributed by atoms with Crippen molar-refractivity contribution >= 4 is 22.8 Å². The summed E-state index contributed by atoms with van der Waals surface area (Å²) in [6.45, 7) is 3.22. The number of urea groups is 1. The summed E-state index contributed by atoms with van der Waals surface area (Å²) in [5, 5.41) is 10.6. The highest BCUT2D eigenvalue weighted by atomic mass is 16.2. The number of piperidine rings is 2.